The molecule has 1 aromatic rings. The van der Waals surface area contributed by atoms with Gasteiger partial charge in [0.2, 0.25) is 10.0 Å². The average molecular weight is 371 g/mol. The zero-order valence-corrected chi connectivity index (χ0v) is 15.6. The van der Waals surface area contributed by atoms with Crippen LogP contribution in [0, 0.1) is 18.3 Å². The van der Waals surface area contributed by atoms with E-state index in [9.17, 15) is 13.5 Å². The molecule has 7 nitrogen and oxygen atoms in total. The van der Waals surface area contributed by atoms with Gasteiger partial charge in [0.05, 0.1) is 27.4 Å². The smallest absolute Gasteiger partial charge is 0.246 e. The second-order valence-corrected chi connectivity index (χ2v) is 8.72. The number of nitrogens with zero attached hydrogens (tertiary/aromatic N) is 1. The SMILES string of the molecule is COc1cc(S(=O)(=O)N2C[C@@H]3COCC[C@]3(CO)C2)c(OC)cc1C. The van der Waals surface area contributed by atoms with Crippen LogP contribution in [0.15, 0.2) is 17.0 Å². The molecule has 1 N–H and O–H groups in total. The molecular formula is C17H25NO6S. The van der Waals surface area contributed by atoms with Crippen molar-refractivity contribution < 1.29 is 27.7 Å². The van der Waals surface area contributed by atoms with E-state index in [2.05, 4.69) is 0 Å². The number of hydrogen-bond acceptors (Lipinski definition) is 6. The minimum Gasteiger partial charge on any atom is -0.496 e. The summed E-state index contributed by atoms with van der Waals surface area (Å²) in [4.78, 5) is 0.0881. The molecule has 0 spiro atoms. The molecule has 2 fully saturated rings. The third kappa shape index (κ3) is 3.01. The lowest BCUT2D eigenvalue weighted by molar-refractivity contribution is -0.0414. The molecule has 2 heterocycles. The van der Waals surface area contributed by atoms with Gasteiger partial charge in [-0.25, -0.2) is 8.42 Å². The zero-order valence-electron chi connectivity index (χ0n) is 14.8. The summed E-state index contributed by atoms with van der Waals surface area (Å²) in [6.45, 7) is 3.44. The van der Waals surface area contributed by atoms with Crippen molar-refractivity contribution in [2.45, 2.75) is 18.2 Å². The highest BCUT2D eigenvalue weighted by Crippen LogP contribution is 2.44. The molecule has 2 aliphatic rings. The maximum absolute atomic E-state index is 13.3. The maximum Gasteiger partial charge on any atom is 0.246 e. The van der Waals surface area contributed by atoms with Gasteiger partial charge < -0.3 is 19.3 Å². The van der Waals surface area contributed by atoms with Crippen LogP contribution in [0.5, 0.6) is 11.5 Å². The van der Waals surface area contributed by atoms with E-state index in [1.54, 1.807) is 6.07 Å². The molecule has 2 atom stereocenters. The predicted molar refractivity (Wildman–Crippen MR) is 91.5 cm³/mol. The van der Waals surface area contributed by atoms with Gasteiger partial charge in [-0.15, -0.1) is 0 Å². The van der Waals surface area contributed by atoms with Crippen molar-refractivity contribution in [3.8, 4) is 11.5 Å². The van der Waals surface area contributed by atoms with Crippen LogP contribution in [0.3, 0.4) is 0 Å². The van der Waals surface area contributed by atoms with Crippen LogP contribution in [0.4, 0.5) is 0 Å². The fraction of sp³-hybridized carbons (Fsp3) is 0.647. The van der Waals surface area contributed by atoms with Gasteiger partial charge in [-0.2, -0.15) is 4.31 Å². The quantitative estimate of drug-likeness (QED) is 0.832. The monoisotopic (exact) mass is 371 g/mol. The second kappa shape index (κ2) is 6.75. The molecule has 2 saturated heterocycles. The third-order valence-corrected chi connectivity index (χ3v) is 7.29. The first-order chi connectivity index (χ1) is 11.9. The minimum absolute atomic E-state index is 0.000589. The number of sulfonamides is 1. The number of benzene rings is 1. The van der Waals surface area contributed by atoms with Gasteiger partial charge in [0.15, 0.2) is 0 Å². The lowest BCUT2D eigenvalue weighted by Gasteiger charge is -2.36. The summed E-state index contributed by atoms with van der Waals surface area (Å²) in [6.07, 6.45) is 0.661. The molecule has 0 saturated carbocycles. The Morgan fingerprint density at radius 1 is 1.32 bits per heavy atom. The minimum atomic E-state index is -3.78. The summed E-state index contributed by atoms with van der Waals surface area (Å²) in [5.74, 6) is 0.790. The van der Waals surface area contributed by atoms with Gasteiger partial charge in [-0.05, 0) is 25.0 Å². The molecule has 25 heavy (non-hydrogen) atoms. The first-order valence-electron chi connectivity index (χ1n) is 8.29. The van der Waals surface area contributed by atoms with E-state index in [1.165, 1.54) is 24.6 Å². The highest BCUT2D eigenvalue weighted by atomic mass is 32.2. The van der Waals surface area contributed by atoms with Crippen molar-refractivity contribution in [3.63, 3.8) is 0 Å². The predicted octanol–water partition coefficient (Wildman–Crippen LogP) is 1.03. The average Bonchev–Trinajstić information content (AvgIpc) is 3.02. The highest BCUT2D eigenvalue weighted by Gasteiger charge is 2.51. The van der Waals surface area contributed by atoms with Crippen LogP contribution in [0.25, 0.3) is 0 Å². The number of ether oxygens (including phenoxy) is 3. The van der Waals surface area contributed by atoms with Crippen LogP contribution >= 0.6 is 0 Å². The molecule has 3 rings (SSSR count). The van der Waals surface area contributed by atoms with Gasteiger partial charge >= 0.3 is 0 Å². The van der Waals surface area contributed by atoms with Crippen molar-refractivity contribution in [2.24, 2.45) is 11.3 Å². The van der Waals surface area contributed by atoms with Crippen LogP contribution in [-0.2, 0) is 14.8 Å². The van der Waals surface area contributed by atoms with Gasteiger partial charge in [0.1, 0.15) is 16.4 Å². The Labute approximate surface area is 148 Å². The summed E-state index contributed by atoms with van der Waals surface area (Å²) in [5, 5.41) is 9.90. The van der Waals surface area contributed by atoms with Crippen LogP contribution in [-0.4, -0.2) is 65.0 Å². The second-order valence-electron chi connectivity index (χ2n) is 6.81. The van der Waals surface area contributed by atoms with E-state index < -0.39 is 15.4 Å². The molecule has 0 unspecified atom stereocenters. The molecule has 1 aromatic carbocycles. The Hall–Kier alpha value is -1.35. The lowest BCUT2D eigenvalue weighted by atomic mass is 9.75. The number of aryl methyl sites for hydroxylation is 1. The fourth-order valence-electron chi connectivity index (χ4n) is 3.80. The Balaban J connectivity index is 2.00. The summed E-state index contributed by atoms with van der Waals surface area (Å²) < 4.78 is 44.0. The van der Waals surface area contributed by atoms with Gasteiger partial charge in [0, 0.05) is 37.1 Å². The molecule has 8 heteroatoms. The molecule has 2 aliphatic heterocycles. The molecule has 0 bridgehead atoms. The number of hydrogen-bond donors (Lipinski definition) is 1. The van der Waals surface area contributed by atoms with Crippen molar-refractivity contribution >= 4 is 10.0 Å². The normalized spacial score (nSPS) is 27.1. The summed E-state index contributed by atoms with van der Waals surface area (Å²) in [5.41, 5.74) is 0.376. The standard InChI is InChI=1S/C17H25NO6S/c1-12-6-15(23-3)16(7-14(12)22-2)25(20,21)18-8-13-9-24-5-4-17(13,10-18)11-19/h6-7,13,19H,4-5,8-11H2,1-3H3/t13-,17-/m1/s1. The van der Waals surface area contributed by atoms with Crippen LogP contribution in [0.1, 0.15) is 12.0 Å². The van der Waals surface area contributed by atoms with E-state index in [1.807, 2.05) is 6.92 Å². The van der Waals surface area contributed by atoms with E-state index >= 15 is 0 Å². The topological polar surface area (TPSA) is 85.3 Å². The third-order valence-electron chi connectivity index (χ3n) is 5.46. The molecule has 0 amide bonds. The van der Waals surface area contributed by atoms with Gasteiger partial charge in [-0.3, -0.25) is 0 Å². The number of aliphatic hydroxyl groups excluding tert-OH is 1. The Bertz CT molecular complexity index is 750. The van der Waals surface area contributed by atoms with Crippen molar-refractivity contribution in [3.05, 3.63) is 17.7 Å². The van der Waals surface area contributed by atoms with Crippen molar-refractivity contribution in [1.82, 2.24) is 4.31 Å². The first kappa shape index (κ1) is 18.4. The van der Waals surface area contributed by atoms with Crippen molar-refractivity contribution in [1.29, 1.82) is 0 Å². The molecular weight excluding hydrogens is 346 g/mol. The van der Waals surface area contributed by atoms with Gasteiger partial charge in [0.25, 0.3) is 0 Å². The summed E-state index contributed by atoms with van der Waals surface area (Å²) in [6, 6.07) is 3.17. The number of methoxy groups -OCH3 is 2. The van der Waals surface area contributed by atoms with Crippen LogP contribution < -0.4 is 9.47 Å². The summed E-state index contributed by atoms with van der Waals surface area (Å²) in [7, 11) is -0.816. The highest BCUT2D eigenvalue weighted by molar-refractivity contribution is 7.89. The number of fused-ring (bicyclic) bond motifs is 1. The molecule has 140 valence electrons. The van der Waals surface area contributed by atoms with E-state index in [0.717, 1.165) is 5.56 Å². The molecule has 0 radical (unpaired) electrons. The summed E-state index contributed by atoms with van der Waals surface area (Å²) >= 11 is 0. The Morgan fingerprint density at radius 3 is 2.64 bits per heavy atom. The number of rotatable bonds is 5. The van der Waals surface area contributed by atoms with Gasteiger partial charge in [-0.1, -0.05) is 0 Å². The first-order valence-corrected chi connectivity index (χ1v) is 9.73. The Morgan fingerprint density at radius 2 is 2.04 bits per heavy atom. The Kier molecular flexibility index (Phi) is 4.98. The number of aliphatic hydroxyl groups is 1. The van der Waals surface area contributed by atoms with Crippen molar-refractivity contribution in [2.75, 3.05) is 47.1 Å². The van der Waals surface area contributed by atoms with E-state index in [4.69, 9.17) is 14.2 Å². The largest absolute Gasteiger partial charge is 0.496 e. The fourth-order valence-corrected chi connectivity index (χ4v) is 5.54. The lowest BCUT2D eigenvalue weighted by Crippen LogP contribution is -2.41. The maximum atomic E-state index is 13.3. The molecule has 0 aromatic heterocycles. The van der Waals surface area contributed by atoms with E-state index in [0.29, 0.717) is 44.2 Å². The van der Waals surface area contributed by atoms with Crippen LogP contribution in [0.2, 0.25) is 0 Å². The van der Waals surface area contributed by atoms with E-state index in [-0.39, 0.29) is 17.4 Å². The molecule has 0 aliphatic carbocycles. The zero-order chi connectivity index (χ0) is 18.2.